The molecule has 3 rings (SSSR count). The van der Waals surface area contributed by atoms with E-state index in [2.05, 4.69) is 25.9 Å². The first-order valence-corrected chi connectivity index (χ1v) is 14.5. The molecule has 0 radical (unpaired) electrons. The summed E-state index contributed by atoms with van der Waals surface area (Å²) in [6, 6.07) is 12.3. The molecule has 11 N–H and O–H groups in total. The Kier molecular flexibility index (Phi) is 12.3. The zero-order chi connectivity index (χ0) is 32.2. The van der Waals surface area contributed by atoms with Crippen LogP contribution in [0.4, 0.5) is 0 Å². The van der Waals surface area contributed by atoms with Gasteiger partial charge in [-0.05, 0) is 36.0 Å². The first-order chi connectivity index (χ1) is 21.0. The lowest BCUT2D eigenvalue weighted by Gasteiger charge is -2.26. The Balaban J connectivity index is 1.87. The molecular formula is C31H42N8O5. The zero-order valence-corrected chi connectivity index (χ0v) is 25.0. The summed E-state index contributed by atoms with van der Waals surface area (Å²) in [5.41, 5.74) is 19.1. The lowest BCUT2D eigenvalue weighted by atomic mass is 10.00. The number of nitrogens with two attached hydrogens (primary N) is 3. The summed E-state index contributed by atoms with van der Waals surface area (Å²) < 4.78 is 0. The lowest BCUT2D eigenvalue weighted by molar-refractivity contribution is -0.142. The third-order valence-corrected chi connectivity index (χ3v) is 7.23. The van der Waals surface area contributed by atoms with Crippen LogP contribution in [-0.4, -0.2) is 70.5 Å². The van der Waals surface area contributed by atoms with Crippen LogP contribution in [0.15, 0.2) is 65.8 Å². The van der Waals surface area contributed by atoms with Crippen molar-refractivity contribution in [3.8, 4) is 0 Å². The number of carboxylic acids is 1. The fourth-order valence-corrected chi connectivity index (χ4v) is 4.67. The Morgan fingerprint density at radius 2 is 1.43 bits per heavy atom. The number of rotatable bonds is 16. The minimum atomic E-state index is -1.25. The van der Waals surface area contributed by atoms with Crippen molar-refractivity contribution in [2.75, 3.05) is 6.54 Å². The number of hydrogen-bond donors (Lipinski definition) is 8. The highest BCUT2D eigenvalue weighted by Crippen LogP contribution is 2.19. The number of nitrogens with zero attached hydrogens (tertiary/aromatic N) is 1. The van der Waals surface area contributed by atoms with E-state index in [-0.39, 0.29) is 37.7 Å². The van der Waals surface area contributed by atoms with E-state index in [1.807, 2.05) is 54.6 Å². The average molecular weight is 607 g/mol. The van der Waals surface area contributed by atoms with Crippen LogP contribution >= 0.6 is 0 Å². The Morgan fingerprint density at radius 3 is 2.07 bits per heavy atom. The third-order valence-electron chi connectivity index (χ3n) is 7.23. The number of carbonyl (C=O) groups excluding carboxylic acids is 3. The quantitative estimate of drug-likeness (QED) is 0.0649. The Morgan fingerprint density at radius 1 is 0.841 bits per heavy atom. The highest BCUT2D eigenvalue weighted by Gasteiger charge is 2.31. The van der Waals surface area contributed by atoms with Gasteiger partial charge in [-0.3, -0.25) is 19.4 Å². The van der Waals surface area contributed by atoms with Crippen LogP contribution in [0, 0.1) is 5.92 Å². The lowest BCUT2D eigenvalue weighted by Crippen LogP contribution is -2.58. The van der Waals surface area contributed by atoms with Crippen molar-refractivity contribution in [1.29, 1.82) is 0 Å². The van der Waals surface area contributed by atoms with E-state index in [0.29, 0.717) is 6.42 Å². The van der Waals surface area contributed by atoms with Crippen molar-refractivity contribution in [1.82, 2.24) is 20.9 Å². The first-order valence-electron chi connectivity index (χ1n) is 14.5. The van der Waals surface area contributed by atoms with E-state index in [0.717, 1.165) is 22.0 Å². The number of para-hydroxylation sites is 1. The van der Waals surface area contributed by atoms with Crippen LogP contribution in [0.25, 0.3) is 10.9 Å². The van der Waals surface area contributed by atoms with Crippen LogP contribution in [0.5, 0.6) is 0 Å². The summed E-state index contributed by atoms with van der Waals surface area (Å²) in [7, 11) is 0. The van der Waals surface area contributed by atoms with Crippen LogP contribution in [-0.2, 0) is 32.0 Å². The van der Waals surface area contributed by atoms with Gasteiger partial charge in [-0.1, -0.05) is 62.4 Å². The number of aromatic amines is 1. The number of hydrogen-bond acceptors (Lipinski definition) is 6. The number of benzene rings is 2. The van der Waals surface area contributed by atoms with Gasteiger partial charge < -0.3 is 43.2 Å². The second-order valence-corrected chi connectivity index (χ2v) is 11.0. The van der Waals surface area contributed by atoms with Crippen molar-refractivity contribution >= 4 is 40.6 Å². The zero-order valence-electron chi connectivity index (χ0n) is 25.0. The SMILES string of the molecule is CC(C)C(N)C(=O)NC(Cc1ccccc1)C(=O)NC(Cc1c[nH]c2ccccc12)C(=O)NC(CCCN=C(N)N)C(=O)O. The number of carboxylic acid groups (broad SMARTS) is 1. The minimum absolute atomic E-state index is 0.0550. The first kappa shape index (κ1) is 33.6. The maximum absolute atomic E-state index is 13.8. The minimum Gasteiger partial charge on any atom is -0.480 e. The molecule has 1 heterocycles. The molecule has 236 valence electrons. The van der Waals surface area contributed by atoms with E-state index < -0.39 is 47.9 Å². The van der Waals surface area contributed by atoms with Crippen molar-refractivity contribution < 1.29 is 24.3 Å². The largest absolute Gasteiger partial charge is 0.480 e. The van der Waals surface area contributed by atoms with E-state index in [9.17, 15) is 24.3 Å². The number of carbonyl (C=O) groups is 4. The summed E-state index contributed by atoms with van der Waals surface area (Å²) in [6.07, 6.45) is 2.31. The number of H-pyrrole nitrogens is 1. The molecule has 0 fully saturated rings. The second-order valence-electron chi connectivity index (χ2n) is 11.0. The van der Waals surface area contributed by atoms with Gasteiger partial charge in [0.25, 0.3) is 0 Å². The fourth-order valence-electron chi connectivity index (χ4n) is 4.67. The van der Waals surface area contributed by atoms with Gasteiger partial charge in [0, 0.05) is 36.5 Å². The number of nitrogens with one attached hydrogen (secondary N) is 4. The molecule has 1 aromatic heterocycles. The molecule has 0 aliphatic rings. The molecule has 2 aromatic carbocycles. The Hall–Kier alpha value is -4.91. The third kappa shape index (κ3) is 9.83. The highest BCUT2D eigenvalue weighted by atomic mass is 16.4. The van der Waals surface area contributed by atoms with Gasteiger partial charge in [0.05, 0.1) is 6.04 Å². The van der Waals surface area contributed by atoms with Crippen LogP contribution < -0.4 is 33.2 Å². The van der Waals surface area contributed by atoms with Crippen LogP contribution in [0.1, 0.15) is 37.8 Å². The molecule has 13 heteroatoms. The topological polar surface area (TPSA) is 231 Å². The summed E-state index contributed by atoms with van der Waals surface area (Å²) in [4.78, 5) is 59.3. The Labute approximate surface area is 256 Å². The van der Waals surface area contributed by atoms with Crippen molar-refractivity contribution in [3.63, 3.8) is 0 Å². The molecule has 13 nitrogen and oxygen atoms in total. The summed E-state index contributed by atoms with van der Waals surface area (Å²) in [6.45, 7) is 3.79. The maximum atomic E-state index is 13.8. The van der Waals surface area contributed by atoms with Crippen LogP contribution in [0.3, 0.4) is 0 Å². The standard InChI is InChI=1S/C31H42N8O5/c1-18(2)26(32)29(42)39-24(15-19-9-4-3-5-10-19)27(40)38-25(16-20-17-36-22-12-7-6-11-21(20)22)28(41)37-23(30(43)44)13-8-14-35-31(33)34/h3-7,9-12,17-18,23-26,36H,8,13-16,32H2,1-2H3,(H,37,41)(H,38,40)(H,39,42)(H,43,44)(H4,33,34,35). The van der Waals surface area contributed by atoms with E-state index in [1.165, 1.54) is 0 Å². The molecular weight excluding hydrogens is 564 g/mol. The van der Waals surface area contributed by atoms with Gasteiger partial charge in [0.1, 0.15) is 18.1 Å². The molecule has 0 aliphatic heterocycles. The molecule has 44 heavy (non-hydrogen) atoms. The second kappa shape index (κ2) is 16.1. The molecule has 0 spiro atoms. The smallest absolute Gasteiger partial charge is 0.326 e. The predicted molar refractivity (Wildman–Crippen MR) is 168 cm³/mol. The van der Waals surface area contributed by atoms with Crippen molar-refractivity contribution in [2.24, 2.45) is 28.1 Å². The summed E-state index contributed by atoms with van der Waals surface area (Å²) in [5.74, 6) is -3.33. The molecule has 0 aliphatic carbocycles. The number of aliphatic imine (C=N–C) groups is 1. The summed E-state index contributed by atoms with van der Waals surface area (Å²) in [5, 5.41) is 18.7. The molecule has 4 unspecified atom stereocenters. The van der Waals surface area contributed by atoms with E-state index >= 15 is 0 Å². The monoisotopic (exact) mass is 606 g/mol. The molecule has 3 aromatic rings. The predicted octanol–water partition coefficient (Wildman–Crippen LogP) is 0.529. The molecule has 0 saturated heterocycles. The molecule has 4 atom stereocenters. The van der Waals surface area contributed by atoms with Gasteiger partial charge in [-0.25, -0.2) is 4.79 Å². The average Bonchev–Trinajstić information content (AvgIpc) is 3.40. The number of amides is 3. The van der Waals surface area contributed by atoms with E-state index in [1.54, 1.807) is 20.0 Å². The molecule has 0 saturated carbocycles. The normalized spacial score (nSPS) is 13.8. The van der Waals surface area contributed by atoms with E-state index in [4.69, 9.17) is 17.2 Å². The van der Waals surface area contributed by atoms with Crippen LogP contribution in [0.2, 0.25) is 0 Å². The highest BCUT2D eigenvalue weighted by molar-refractivity contribution is 5.95. The van der Waals surface area contributed by atoms with Gasteiger partial charge in [0.15, 0.2) is 5.96 Å². The van der Waals surface area contributed by atoms with Gasteiger partial charge >= 0.3 is 5.97 Å². The summed E-state index contributed by atoms with van der Waals surface area (Å²) >= 11 is 0. The number of fused-ring (bicyclic) bond motifs is 1. The van der Waals surface area contributed by atoms with Gasteiger partial charge in [-0.2, -0.15) is 0 Å². The van der Waals surface area contributed by atoms with Gasteiger partial charge in [0.2, 0.25) is 17.7 Å². The van der Waals surface area contributed by atoms with Gasteiger partial charge in [-0.15, -0.1) is 0 Å². The Bertz CT molecular complexity index is 1450. The number of aromatic nitrogens is 1. The fraction of sp³-hybridized carbons (Fsp3) is 0.387. The maximum Gasteiger partial charge on any atom is 0.326 e. The molecule has 0 bridgehead atoms. The van der Waals surface area contributed by atoms with Crippen molar-refractivity contribution in [3.05, 3.63) is 71.9 Å². The van der Waals surface area contributed by atoms with Crippen molar-refractivity contribution in [2.45, 2.75) is 63.7 Å². The number of guanidine groups is 1. The molecule has 3 amide bonds. The number of aliphatic carboxylic acids is 1.